The van der Waals surface area contributed by atoms with Crippen molar-refractivity contribution < 1.29 is 0 Å². The van der Waals surface area contributed by atoms with E-state index in [0.717, 1.165) is 12.5 Å². The van der Waals surface area contributed by atoms with E-state index < -0.39 is 0 Å². The summed E-state index contributed by atoms with van der Waals surface area (Å²) in [5, 5.41) is 0. The molecule has 2 N–H and O–H groups in total. The molecule has 0 heterocycles. The molecule has 1 heteroatoms. The first-order chi connectivity index (χ1) is 14.8. The third kappa shape index (κ3) is 24.2. The standard InChI is InChI=1S/C29H61N/c1-3-5-6-7-8-9-10-11-12-13-14-15-16-17-18-19-20-21-22-23-26-29(25-4-2)27-24-28-30/h29H,3-28,30H2,1-2H3. The summed E-state index contributed by atoms with van der Waals surface area (Å²) >= 11 is 0. The van der Waals surface area contributed by atoms with Crippen molar-refractivity contribution in [1.29, 1.82) is 0 Å². The quantitative estimate of drug-likeness (QED) is 0.137. The second kappa shape index (κ2) is 27.0. The highest BCUT2D eigenvalue weighted by Crippen LogP contribution is 2.21. The van der Waals surface area contributed by atoms with Gasteiger partial charge in [0.05, 0.1) is 0 Å². The van der Waals surface area contributed by atoms with Crippen LogP contribution in [0.1, 0.15) is 174 Å². The fraction of sp³-hybridized carbons (Fsp3) is 1.00. The third-order valence-electron chi connectivity index (χ3n) is 6.98. The minimum absolute atomic E-state index is 0.874. The average molecular weight is 424 g/mol. The fourth-order valence-electron chi connectivity index (χ4n) is 4.94. The van der Waals surface area contributed by atoms with Crippen molar-refractivity contribution in [2.75, 3.05) is 6.54 Å². The zero-order valence-electron chi connectivity index (χ0n) is 21.5. The van der Waals surface area contributed by atoms with Gasteiger partial charge in [0.15, 0.2) is 0 Å². The number of unbranched alkanes of at least 4 members (excludes halogenated alkanes) is 19. The molecule has 0 saturated heterocycles. The van der Waals surface area contributed by atoms with Gasteiger partial charge < -0.3 is 5.73 Å². The summed E-state index contributed by atoms with van der Waals surface area (Å²) in [6, 6.07) is 0. The molecule has 0 aliphatic rings. The van der Waals surface area contributed by atoms with Crippen LogP contribution in [-0.2, 0) is 0 Å². The lowest BCUT2D eigenvalue weighted by Crippen LogP contribution is -2.05. The van der Waals surface area contributed by atoms with E-state index >= 15 is 0 Å². The number of hydrogen-bond donors (Lipinski definition) is 1. The van der Waals surface area contributed by atoms with E-state index in [1.54, 1.807) is 0 Å². The Morgan fingerprint density at radius 2 is 0.700 bits per heavy atom. The van der Waals surface area contributed by atoms with Crippen LogP contribution >= 0.6 is 0 Å². The van der Waals surface area contributed by atoms with Gasteiger partial charge in [-0.2, -0.15) is 0 Å². The Bertz CT molecular complexity index is 288. The van der Waals surface area contributed by atoms with E-state index in [0.29, 0.717) is 0 Å². The summed E-state index contributed by atoms with van der Waals surface area (Å²) in [5.74, 6) is 0.953. The summed E-state index contributed by atoms with van der Waals surface area (Å²) in [6.07, 6.45) is 36.2. The van der Waals surface area contributed by atoms with E-state index in [4.69, 9.17) is 5.73 Å². The van der Waals surface area contributed by atoms with Gasteiger partial charge in [-0.3, -0.25) is 0 Å². The topological polar surface area (TPSA) is 26.0 Å². The molecule has 0 aromatic carbocycles. The highest BCUT2D eigenvalue weighted by atomic mass is 14.5. The maximum atomic E-state index is 5.68. The Hall–Kier alpha value is -0.0400. The van der Waals surface area contributed by atoms with E-state index in [1.807, 2.05) is 0 Å². The molecule has 0 spiro atoms. The molecule has 1 atom stereocenters. The van der Waals surface area contributed by atoms with Crippen LogP contribution in [0.2, 0.25) is 0 Å². The van der Waals surface area contributed by atoms with Crippen LogP contribution in [0.15, 0.2) is 0 Å². The van der Waals surface area contributed by atoms with Gasteiger partial charge in [0, 0.05) is 0 Å². The molecule has 0 bridgehead atoms. The molecule has 0 radical (unpaired) electrons. The van der Waals surface area contributed by atoms with Crippen LogP contribution in [0.5, 0.6) is 0 Å². The molecule has 0 aliphatic carbocycles. The van der Waals surface area contributed by atoms with Gasteiger partial charge in [-0.1, -0.05) is 162 Å². The van der Waals surface area contributed by atoms with Crippen LogP contribution in [0.25, 0.3) is 0 Å². The van der Waals surface area contributed by atoms with Crippen LogP contribution in [-0.4, -0.2) is 6.54 Å². The minimum atomic E-state index is 0.874. The SMILES string of the molecule is CCCCCCCCCCCCCCCCCCCCCCC(CCC)CCCN. The maximum Gasteiger partial charge on any atom is -0.00772 e. The molecule has 0 saturated carbocycles. The first kappa shape index (κ1) is 30.0. The van der Waals surface area contributed by atoms with Gasteiger partial charge in [0.1, 0.15) is 0 Å². The Kier molecular flexibility index (Phi) is 27.0. The van der Waals surface area contributed by atoms with E-state index in [9.17, 15) is 0 Å². The molecule has 0 amide bonds. The second-order valence-corrected chi connectivity index (χ2v) is 10.1. The molecule has 30 heavy (non-hydrogen) atoms. The minimum Gasteiger partial charge on any atom is -0.330 e. The summed E-state index contributed by atoms with van der Waals surface area (Å²) < 4.78 is 0. The Morgan fingerprint density at radius 3 is 1.03 bits per heavy atom. The number of rotatable bonds is 26. The van der Waals surface area contributed by atoms with Crippen LogP contribution in [0, 0.1) is 5.92 Å². The lowest BCUT2D eigenvalue weighted by atomic mass is 9.92. The largest absolute Gasteiger partial charge is 0.330 e. The van der Waals surface area contributed by atoms with Gasteiger partial charge in [0.2, 0.25) is 0 Å². The van der Waals surface area contributed by atoms with E-state index in [-0.39, 0.29) is 0 Å². The first-order valence-corrected chi connectivity index (χ1v) is 14.5. The predicted molar refractivity (Wildman–Crippen MR) is 139 cm³/mol. The highest BCUT2D eigenvalue weighted by Gasteiger charge is 2.06. The smallest absolute Gasteiger partial charge is 0.00772 e. The van der Waals surface area contributed by atoms with E-state index in [1.165, 1.54) is 161 Å². The normalized spacial score (nSPS) is 12.5. The molecule has 1 unspecified atom stereocenters. The van der Waals surface area contributed by atoms with Crippen molar-refractivity contribution >= 4 is 0 Å². The first-order valence-electron chi connectivity index (χ1n) is 14.5. The van der Waals surface area contributed by atoms with Crippen LogP contribution in [0.3, 0.4) is 0 Å². The molecule has 0 aromatic heterocycles. The van der Waals surface area contributed by atoms with Crippen molar-refractivity contribution in [2.24, 2.45) is 11.7 Å². The molecule has 0 fully saturated rings. The summed E-state index contributed by atoms with van der Waals surface area (Å²) in [7, 11) is 0. The van der Waals surface area contributed by atoms with Crippen LogP contribution < -0.4 is 5.73 Å². The zero-order valence-corrected chi connectivity index (χ0v) is 21.5. The lowest BCUT2D eigenvalue weighted by Gasteiger charge is -2.15. The molecular formula is C29H61N. The molecular weight excluding hydrogens is 362 g/mol. The molecule has 0 rings (SSSR count). The molecule has 1 nitrogen and oxygen atoms in total. The highest BCUT2D eigenvalue weighted by molar-refractivity contribution is 4.60. The van der Waals surface area contributed by atoms with Crippen molar-refractivity contribution in [1.82, 2.24) is 0 Å². The van der Waals surface area contributed by atoms with Crippen LogP contribution in [0.4, 0.5) is 0 Å². The Morgan fingerprint density at radius 1 is 0.367 bits per heavy atom. The zero-order chi connectivity index (χ0) is 22.0. The lowest BCUT2D eigenvalue weighted by molar-refractivity contribution is 0.386. The number of nitrogens with two attached hydrogens (primary N) is 1. The summed E-state index contributed by atoms with van der Waals surface area (Å²) in [5.41, 5.74) is 5.68. The summed E-state index contributed by atoms with van der Waals surface area (Å²) in [4.78, 5) is 0. The average Bonchev–Trinajstić information content (AvgIpc) is 2.76. The van der Waals surface area contributed by atoms with Gasteiger partial charge >= 0.3 is 0 Å². The predicted octanol–water partition coefficient (Wildman–Crippen LogP) is 10.4. The van der Waals surface area contributed by atoms with Crippen molar-refractivity contribution in [3.8, 4) is 0 Å². The summed E-state index contributed by atoms with van der Waals surface area (Å²) in [6.45, 7) is 5.50. The monoisotopic (exact) mass is 423 g/mol. The van der Waals surface area contributed by atoms with Crippen molar-refractivity contribution in [2.45, 2.75) is 174 Å². The van der Waals surface area contributed by atoms with E-state index in [2.05, 4.69) is 13.8 Å². The Labute approximate surface area is 192 Å². The third-order valence-corrected chi connectivity index (χ3v) is 6.98. The maximum absolute atomic E-state index is 5.68. The van der Waals surface area contributed by atoms with Crippen molar-refractivity contribution in [3.05, 3.63) is 0 Å². The van der Waals surface area contributed by atoms with Gasteiger partial charge in [-0.05, 0) is 25.3 Å². The van der Waals surface area contributed by atoms with Crippen molar-refractivity contribution in [3.63, 3.8) is 0 Å². The Balaban J connectivity index is 3.15. The molecule has 0 aromatic rings. The molecule has 0 aliphatic heterocycles. The number of hydrogen-bond acceptors (Lipinski definition) is 1. The van der Waals surface area contributed by atoms with Gasteiger partial charge in [-0.25, -0.2) is 0 Å². The molecule has 182 valence electrons. The fourth-order valence-corrected chi connectivity index (χ4v) is 4.94. The van der Waals surface area contributed by atoms with Gasteiger partial charge in [-0.15, -0.1) is 0 Å². The van der Waals surface area contributed by atoms with Gasteiger partial charge in [0.25, 0.3) is 0 Å². The second-order valence-electron chi connectivity index (χ2n) is 10.1.